The van der Waals surface area contributed by atoms with Crippen molar-refractivity contribution in [1.82, 2.24) is 9.38 Å². The summed E-state index contributed by atoms with van der Waals surface area (Å²) in [6.45, 7) is 5.00. The van der Waals surface area contributed by atoms with Crippen molar-refractivity contribution in [3.05, 3.63) is 54.2 Å². The molecular formula is C23H27N3O3. The number of ether oxygens (including phenoxy) is 2. The fourth-order valence-corrected chi connectivity index (χ4v) is 3.61. The number of pyridine rings is 1. The lowest BCUT2D eigenvalue weighted by Crippen LogP contribution is -2.33. The van der Waals surface area contributed by atoms with Crippen LogP contribution in [0.25, 0.3) is 16.9 Å². The number of carbonyl (C=O) groups is 1. The van der Waals surface area contributed by atoms with Gasteiger partial charge in [0, 0.05) is 18.4 Å². The van der Waals surface area contributed by atoms with E-state index >= 15 is 0 Å². The molecule has 1 aliphatic rings. The Bertz CT molecular complexity index is 978. The van der Waals surface area contributed by atoms with E-state index in [1.165, 1.54) is 0 Å². The minimum atomic E-state index is -0.584. The molecule has 3 aromatic rings. The molecule has 0 radical (unpaired) electrons. The second-order valence-corrected chi connectivity index (χ2v) is 7.51. The van der Waals surface area contributed by atoms with Gasteiger partial charge in [-0.3, -0.25) is 9.20 Å². The van der Waals surface area contributed by atoms with E-state index < -0.39 is 6.10 Å². The van der Waals surface area contributed by atoms with Crippen LogP contribution in [0.2, 0.25) is 0 Å². The van der Waals surface area contributed by atoms with Gasteiger partial charge in [-0.1, -0.05) is 36.4 Å². The number of imidazole rings is 1. The molecule has 29 heavy (non-hydrogen) atoms. The number of nitrogens with zero attached hydrogens (tertiary/aromatic N) is 2. The summed E-state index contributed by atoms with van der Waals surface area (Å²) in [7, 11) is 0. The summed E-state index contributed by atoms with van der Waals surface area (Å²) in [4.78, 5) is 17.7. The van der Waals surface area contributed by atoms with Gasteiger partial charge in [-0.25, -0.2) is 4.98 Å². The predicted molar refractivity (Wildman–Crippen MR) is 113 cm³/mol. The van der Waals surface area contributed by atoms with Crippen molar-refractivity contribution in [1.29, 1.82) is 0 Å². The molecule has 1 N–H and O–H groups in total. The van der Waals surface area contributed by atoms with Gasteiger partial charge < -0.3 is 14.8 Å². The number of nitrogens with one attached hydrogen (secondary N) is 1. The minimum Gasteiger partial charge on any atom is -0.376 e. The SMILES string of the molecule is Cc1cccn2c(NC(=O)C(C)OCC3CCCCO3)c(-c3ccccc3)nc12. The average molecular weight is 393 g/mol. The highest BCUT2D eigenvalue weighted by Crippen LogP contribution is 2.30. The smallest absolute Gasteiger partial charge is 0.254 e. The highest BCUT2D eigenvalue weighted by atomic mass is 16.5. The van der Waals surface area contributed by atoms with Crippen LogP contribution in [0.15, 0.2) is 48.7 Å². The third-order valence-corrected chi connectivity index (χ3v) is 5.31. The average Bonchev–Trinajstić information content (AvgIpc) is 3.13. The van der Waals surface area contributed by atoms with E-state index in [1.807, 2.05) is 60.0 Å². The molecular weight excluding hydrogens is 366 g/mol. The van der Waals surface area contributed by atoms with Gasteiger partial charge in [-0.15, -0.1) is 0 Å². The Balaban J connectivity index is 1.56. The molecule has 4 rings (SSSR count). The van der Waals surface area contributed by atoms with Crippen LogP contribution in [0.4, 0.5) is 5.82 Å². The molecule has 152 valence electrons. The Labute approximate surface area is 170 Å². The molecule has 6 heteroatoms. The summed E-state index contributed by atoms with van der Waals surface area (Å²) >= 11 is 0. The zero-order valence-electron chi connectivity index (χ0n) is 16.9. The number of amides is 1. The molecule has 1 aliphatic heterocycles. The maximum Gasteiger partial charge on any atom is 0.254 e. The molecule has 2 unspecified atom stereocenters. The lowest BCUT2D eigenvalue weighted by atomic mass is 10.1. The summed E-state index contributed by atoms with van der Waals surface area (Å²) < 4.78 is 13.4. The van der Waals surface area contributed by atoms with Crippen LogP contribution in [0.3, 0.4) is 0 Å². The van der Waals surface area contributed by atoms with Crippen molar-refractivity contribution in [2.45, 2.75) is 45.3 Å². The van der Waals surface area contributed by atoms with E-state index in [1.54, 1.807) is 6.92 Å². The Kier molecular flexibility index (Phi) is 5.92. The molecule has 0 bridgehead atoms. The summed E-state index contributed by atoms with van der Waals surface area (Å²) in [6.07, 6.45) is 4.65. The highest BCUT2D eigenvalue weighted by molar-refractivity contribution is 5.97. The largest absolute Gasteiger partial charge is 0.376 e. The Morgan fingerprint density at radius 1 is 1.28 bits per heavy atom. The first-order valence-corrected chi connectivity index (χ1v) is 10.2. The molecule has 1 amide bonds. The molecule has 1 saturated heterocycles. The lowest BCUT2D eigenvalue weighted by Gasteiger charge is -2.24. The third kappa shape index (κ3) is 4.33. The topological polar surface area (TPSA) is 64.9 Å². The number of aromatic nitrogens is 2. The molecule has 1 aromatic carbocycles. The van der Waals surface area contributed by atoms with Crippen LogP contribution in [0, 0.1) is 6.92 Å². The maximum atomic E-state index is 12.9. The number of rotatable bonds is 6. The van der Waals surface area contributed by atoms with E-state index in [2.05, 4.69) is 5.32 Å². The minimum absolute atomic E-state index is 0.0809. The van der Waals surface area contributed by atoms with Gasteiger partial charge in [0.05, 0.1) is 12.7 Å². The number of fused-ring (bicyclic) bond motifs is 1. The molecule has 2 aromatic heterocycles. The van der Waals surface area contributed by atoms with Crippen LogP contribution >= 0.6 is 0 Å². The number of aryl methyl sites for hydroxylation is 1. The second-order valence-electron chi connectivity index (χ2n) is 7.51. The normalized spacial score (nSPS) is 17.9. The standard InChI is InChI=1S/C23H27N3O3/c1-16-9-8-13-26-21(16)24-20(18-10-4-3-5-11-18)22(26)25-23(27)17(2)29-15-19-12-6-7-14-28-19/h3-5,8-11,13,17,19H,6-7,12,14-15H2,1-2H3,(H,25,27). The van der Waals surface area contributed by atoms with Gasteiger partial charge in [-0.2, -0.15) is 0 Å². The van der Waals surface area contributed by atoms with Gasteiger partial charge in [0.15, 0.2) is 0 Å². The van der Waals surface area contributed by atoms with E-state index in [0.29, 0.717) is 12.4 Å². The van der Waals surface area contributed by atoms with E-state index in [-0.39, 0.29) is 12.0 Å². The number of carbonyl (C=O) groups excluding carboxylic acids is 1. The second kappa shape index (κ2) is 8.76. The molecule has 0 aliphatic carbocycles. The van der Waals surface area contributed by atoms with Crippen molar-refractivity contribution < 1.29 is 14.3 Å². The van der Waals surface area contributed by atoms with Crippen LogP contribution in [-0.2, 0) is 14.3 Å². The highest BCUT2D eigenvalue weighted by Gasteiger charge is 2.22. The van der Waals surface area contributed by atoms with Crippen molar-refractivity contribution in [3.63, 3.8) is 0 Å². The first-order chi connectivity index (χ1) is 14.1. The molecule has 2 atom stereocenters. The zero-order valence-corrected chi connectivity index (χ0v) is 16.9. The predicted octanol–water partition coefficient (Wildman–Crippen LogP) is 4.22. The fourth-order valence-electron chi connectivity index (χ4n) is 3.61. The van der Waals surface area contributed by atoms with Crippen LogP contribution in [0.1, 0.15) is 31.7 Å². The summed E-state index contributed by atoms with van der Waals surface area (Å²) in [5, 5.41) is 3.04. The van der Waals surface area contributed by atoms with Crippen LogP contribution in [-0.4, -0.2) is 40.7 Å². The van der Waals surface area contributed by atoms with E-state index in [4.69, 9.17) is 14.5 Å². The van der Waals surface area contributed by atoms with Crippen LogP contribution in [0.5, 0.6) is 0 Å². The van der Waals surface area contributed by atoms with Crippen molar-refractivity contribution in [3.8, 4) is 11.3 Å². The maximum absolute atomic E-state index is 12.9. The fraction of sp³-hybridized carbons (Fsp3) is 0.391. The zero-order chi connectivity index (χ0) is 20.2. The number of anilines is 1. The molecule has 0 spiro atoms. The van der Waals surface area contributed by atoms with Gasteiger partial charge in [0.25, 0.3) is 5.91 Å². The Morgan fingerprint density at radius 2 is 2.10 bits per heavy atom. The van der Waals surface area contributed by atoms with Gasteiger partial charge >= 0.3 is 0 Å². The van der Waals surface area contributed by atoms with Gasteiger partial charge in [0.2, 0.25) is 0 Å². The monoisotopic (exact) mass is 393 g/mol. The quantitative estimate of drug-likeness (QED) is 0.681. The van der Waals surface area contributed by atoms with Crippen molar-refractivity contribution in [2.24, 2.45) is 0 Å². The van der Waals surface area contributed by atoms with Gasteiger partial charge in [0.1, 0.15) is 23.3 Å². The molecule has 1 fully saturated rings. The first-order valence-electron chi connectivity index (χ1n) is 10.2. The van der Waals surface area contributed by atoms with Gasteiger partial charge in [-0.05, 0) is 44.7 Å². The summed E-state index contributed by atoms with van der Waals surface area (Å²) in [5.74, 6) is 0.463. The Morgan fingerprint density at radius 3 is 2.86 bits per heavy atom. The van der Waals surface area contributed by atoms with E-state index in [0.717, 1.165) is 48.3 Å². The van der Waals surface area contributed by atoms with Crippen molar-refractivity contribution in [2.75, 3.05) is 18.5 Å². The summed E-state index contributed by atoms with van der Waals surface area (Å²) in [6, 6.07) is 13.8. The number of hydrogen-bond donors (Lipinski definition) is 1. The molecule has 6 nitrogen and oxygen atoms in total. The third-order valence-electron chi connectivity index (χ3n) is 5.31. The lowest BCUT2D eigenvalue weighted by molar-refractivity contribution is -0.130. The van der Waals surface area contributed by atoms with Crippen molar-refractivity contribution >= 4 is 17.4 Å². The molecule has 3 heterocycles. The number of hydrogen-bond acceptors (Lipinski definition) is 4. The number of benzene rings is 1. The van der Waals surface area contributed by atoms with Crippen LogP contribution < -0.4 is 5.32 Å². The first kappa shape index (κ1) is 19.6. The summed E-state index contributed by atoms with van der Waals surface area (Å²) in [5.41, 5.74) is 3.57. The molecule has 0 saturated carbocycles. The Hall–Kier alpha value is -2.70. The van der Waals surface area contributed by atoms with E-state index in [9.17, 15) is 4.79 Å².